The molecule has 0 fully saturated rings. The van der Waals surface area contributed by atoms with Gasteiger partial charge in [-0.1, -0.05) is 36.4 Å². The maximum atomic E-state index is 14.0. The third kappa shape index (κ3) is 4.18. The van der Waals surface area contributed by atoms with Gasteiger partial charge in [0, 0.05) is 36.5 Å². The van der Waals surface area contributed by atoms with Gasteiger partial charge in [0.25, 0.3) is 0 Å². The van der Waals surface area contributed by atoms with Gasteiger partial charge >= 0.3 is 0 Å². The molecule has 2 aliphatic heterocycles. The first-order valence-corrected chi connectivity index (χ1v) is 10.5. The fraction of sp³-hybridized carbons (Fsp3) is 0.154. The molecule has 3 aliphatic rings. The molecule has 0 N–H and O–H groups in total. The Balaban J connectivity index is 1.36. The van der Waals surface area contributed by atoms with Gasteiger partial charge in [0.2, 0.25) is 0 Å². The Labute approximate surface area is 188 Å². The summed E-state index contributed by atoms with van der Waals surface area (Å²) < 4.78 is 56.5. The number of benzene rings is 2. The zero-order valence-corrected chi connectivity index (χ0v) is 17.4. The monoisotopic (exact) mass is 449 g/mol. The molecular formula is C26H19F4N3. The van der Waals surface area contributed by atoms with Crippen LogP contribution in [0.2, 0.25) is 0 Å². The quantitative estimate of drug-likeness (QED) is 0.327. The predicted octanol–water partition coefficient (Wildman–Crippen LogP) is 6.47. The van der Waals surface area contributed by atoms with Gasteiger partial charge in [-0.3, -0.25) is 4.39 Å². The lowest BCUT2D eigenvalue weighted by Gasteiger charge is -2.20. The molecule has 0 bridgehead atoms. The molecule has 3 nitrogen and oxygen atoms in total. The van der Waals surface area contributed by atoms with E-state index in [9.17, 15) is 17.6 Å². The van der Waals surface area contributed by atoms with E-state index in [1.165, 1.54) is 18.2 Å². The van der Waals surface area contributed by atoms with E-state index < -0.39 is 36.0 Å². The Morgan fingerprint density at radius 3 is 2.45 bits per heavy atom. The molecule has 2 unspecified atom stereocenters. The Bertz CT molecular complexity index is 1320. The van der Waals surface area contributed by atoms with E-state index in [1.807, 2.05) is 35.2 Å². The van der Waals surface area contributed by atoms with E-state index >= 15 is 0 Å². The van der Waals surface area contributed by atoms with Gasteiger partial charge in [0.1, 0.15) is 29.0 Å². The average molecular weight is 449 g/mol. The van der Waals surface area contributed by atoms with E-state index in [0.29, 0.717) is 34.9 Å². The lowest BCUT2D eigenvalue weighted by molar-refractivity contribution is 0.323. The van der Waals surface area contributed by atoms with E-state index in [0.717, 1.165) is 11.6 Å². The van der Waals surface area contributed by atoms with Crippen molar-refractivity contribution in [3.63, 3.8) is 0 Å². The number of imidazole rings is 1. The number of aromatic nitrogens is 3. The van der Waals surface area contributed by atoms with Crippen LogP contribution < -0.4 is 0 Å². The maximum Gasteiger partial charge on any atom is 0.137 e. The van der Waals surface area contributed by atoms with Crippen molar-refractivity contribution in [3.8, 4) is 22.5 Å². The number of allylic oxidation sites excluding steroid dienone is 4. The van der Waals surface area contributed by atoms with Crippen LogP contribution in [0.1, 0.15) is 17.3 Å². The van der Waals surface area contributed by atoms with Crippen LogP contribution in [0.5, 0.6) is 0 Å². The molecule has 5 rings (SSSR count). The molecule has 0 spiro atoms. The van der Waals surface area contributed by atoms with Gasteiger partial charge < -0.3 is 4.57 Å². The minimum absolute atomic E-state index is 0.339. The van der Waals surface area contributed by atoms with E-state index in [4.69, 9.17) is 0 Å². The Morgan fingerprint density at radius 2 is 1.70 bits per heavy atom. The first-order valence-electron chi connectivity index (χ1n) is 10.5. The van der Waals surface area contributed by atoms with Crippen molar-refractivity contribution in [2.24, 2.45) is 5.92 Å². The van der Waals surface area contributed by atoms with Gasteiger partial charge in [-0.05, 0) is 35.4 Å². The third-order valence-electron chi connectivity index (χ3n) is 5.83. The van der Waals surface area contributed by atoms with Crippen LogP contribution in [0.25, 0.3) is 22.5 Å². The Hall–Kier alpha value is -3.74. The summed E-state index contributed by atoms with van der Waals surface area (Å²) in [5, 5.41) is 0. The molecular weight excluding hydrogens is 430 g/mol. The summed E-state index contributed by atoms with van der Waals surface area (Å²) in [5.74, 6) is -2.76. The van der Waals surface area contributed by atoms with Crippen LogP contribution in [-0.2, 0) is 6.54 Å². The molecule has 0 radical (unpaired) electrons. The molecule has 2 atom stereocenters. The van der Waals surface area contributed by atoms with Crippen LogP contribution in [0.3, 0.4) is 0 Å². The summed E-state index contributed by atoms with van der Waals surface area (Å²) in [7, 11) is 0. The van der Waals surface area contributed by atoms with Crippen molar-refractivity contribution >= 4 is 0 Å². The number of hydrogen-bond acceptors (Lipinski definition) is 2. The standard InChI is InChI=1S/C26H19F4N3/c27-13-21-20(2-1-3-22(21)29)26-31-24-10-11-33(15-25(24)32-26)14-16-4-6-17(7-5-16)19-9-8-18(28)12-23(19)30/h1-12,15,20-21H,13-14H2. The highest BCUT2D eigenvalue weighted by Crippen LogP contribution is 2.36. The van der Waals surface area contributed by atoms with Gasteiger partial charge in [0.05, 0.1) is 18.3 Å². The van der Waals surface area contributed by atoms with Crippen molar-refractivity contribution < 1.29 is 17.6 Å². The predicted molar refractivity (Wildman–Crippen MR) is 118 cm³/mol. The van der Waals surface area contributed by atoms with Gasteiger partial charge in [-0.25, -0.2) is 23.1 Å². The highest BCUT2D eigenvalue weighted by Gasteiger charge is 2.30. The number of nitrogens with zero attached hydrogens (tertiary/aromatic N) is 3. The SMILES string of the molecule is FCC1C(F)=CC=CC1c1nc2ccn(Cc3ccc(-c4ccc(F)cc4F)cc3)cc-2n1. The lowest BCUT2D eigenvalue weighted by atomic mass is 9.88. The second-order valence-electron chi connectivity index (χ2n) is 8.01. The summed E-state index contributed by atoms with van der Waals surface area (Å²) >= 11 is 0. The summed E-state index contributed by atoms with van der Waals surface area (Å²) in [6.07, 6.45) is 8.25. The molecule has 166 valence electrons. The van der Waals surface area contributed by atoms with Crippen LogP contribution in [0, 0.1) is 17.6 Å². The van der Waals surface area contributed by atoms with Crippen molar-refractivity contribution in [2.45, 2.75) is 12.5 Å². The minimum Gasteiger partial charge on any atom is -0.348 e. The van der Waals surface area contributed by atoms with E-state index in [1.54, 1.807) is 24.3 Å². The first kappa shape index (κ1) is 21.1. The zero-order valence-electron chi connectivity index (χ0n) is 17.4. The fourth-order valence-corrected chi connectivity index (χ4v) is 4.07. The average Bonchev–Trinajstić information content (AvgIpc) is 3.23. The maximum absolute atomic E-state index is 14.0. The highest BCUT2D eigenvalue weighted by molar-refractivity contribution is 5.64. The molecule has 2 heterocycles. The summed E-state index contributed by atoms with van der Waals surface area (Å²) in [4.78, 5) is 9.00. The topological polar surface area (TPSA) is 30.7 Å². The number of alkyl halides is 1. The van der Waals surface area contributed by atoms with Crippen molar-refractivity contribution in [3.05, 3.63) is 108 Å². The molecule has 0 amide bonds. The smallest absolute Gasteiger partial charge is 0.137 e. The van der Waals surface area contributed by atoms with Crippen LogP contribution in [0.4, 0.5) is 17.6 Å². The molecule has 7 heteroatoms. The molecule has 2 aromatic carbocycles. The minimum atomic E-state index is -0.900. The normalized spacial score (nSPS) is 18.0. The summed E-state index contributed by atoms with van der Waals surface area (Å²) in [5.41, 5.74) is 3.27. The van der Waals surface area contributed by atoms with E-state index in [2.05, 4.69) is 9.97 Å². The summed E-state index contributed by atoms with van der Waals surface area (Å²) in [6, 6.07) is 12.7. The molecule has 2 aromatic rings. The second kappa shape index (κ2) is 8.65. The Morgan fingerprint density at radius 1 is 0.909 bits per heavy atom. The van der Waals surface area contributed by atoms with Crippen molar-refractivity contribution in [2.75, 3.05) is 6.67 Å². The van der Waals surface area contributed by atoms with E-state index in [-0.39, 0.29) is 0 Å². The van der Waals surface area contributed by atoms with Gasteiger partial charge in [0.15, 0.2) is 0 Å². The van der Waals surface area contributed by atoms with Gasteiger partial charge in [-0.15, -0.1) is 0 Å². The molecule has 33 heavy (non-hydrogen) atoms. The second-order valence-corrected chi connectivity index (χ2v) is 8.01. The largest absolute Gasteiger partial charge is 0.348 e. The molecule has 0 saturated heterocycles. The van der Waals surface area contributed by atoms with Crippen LogP contribution in [0.15, 0.2) is 85.0 Å². The molecule has 1 aliphatic carbocycles. The number of halogens is 4. The first-order chi connectivity index (χ1) is 16.0. The van der Waals surface area contributed by atoms with Crippen molar-refractivity contribution in [1.29, 1.82) is 0 Å². The third-order valence-corrected chi connectivity index (χ3v) is 5.83. The number of rotatable bonds is 5. The fourth-order valence-electron chi connectivity index (χ4n) is 4.07. The lowest BCUT2D eigenvalue weighted by Crippen LogP contribution is -2.17. The van der Waals surface area contributed by atoms with Crippen LogP contribution in [-0.4, -0.2) is 21.2 Å². The number of fused-ring (bicyclic) bond motifs is 1. The van der Waals surface area contributed by atoms with Gasteiger partial charge in [-0.2, -0.15) is 0 Å². The zero-order chi connectivity index (χ0) is 22.9. The van der Waals surface area contributed by atoms with Crippen LogP contribution >= 0.6 is 0 Å². The summed E-state index contributed by atoms with van der Waals surface area (Å²) in [6.45, 7) is -0.280. The molecule has 0 aromatic heterocycles. The highest BCUT2D eigenvalue weighted by atomic mass is 19.1. The molecule has 0 saturated carbocycles. The Kier molecular flexibility index (Phi) is 5.54. The number of hydrogen-bond donors (Lipinski definition) is 0. The number of pyridine rings is 1. The van der Waals surface area contributed by atoms with Crippen molar-refractivity contribution in [1.82, 2.24) is 14.5 Å².